The molecule has 0 amide bonds. The summed E-state index contributed by atoms with van der Waals surface area (Å²) in [6.45, 7) is 6.12. The highest BCUT2D eigenvalue weighted by atomic mass is 15.1. The molecule has 2 nitrogen and oxygen atoms in total. The largest absolute Gasteiger partial charge is 0.324 e. The monoisotopic (exact) mass is 288 g/mol. The Bertz CT molecular complexity index is 376. The molecule has 0 radical (unpaired) electrons. The number of hydrogen-bond acceptors (Lipinski definition) is 2. The van der Waals surface area contributed by atoms with E-state index in [4.69, 9.17) is 5.73 Å². The minimum absolute atomic E-state index is 0.200. The van der Waals surface area contributed by atoms with Gasteiger partial charge in [0.2, 0.25) is 0 Å². The Morgan fingerprint density at radius 2 is 2.00 bits per heavy atom. The Balaban J connectivity index is 1.66. The lowest BCUT2D eigenvalue weighted by Crippen LogP contribution is -2.26. The van der Waals surface area contributed by atoms with Crippen LogP contribution in [-0.4, -0.2) is 24.5 Å². The van der Waals surface area contributed by atoms with Crippen molar-refractivity contribution in [3.8, 4) is 0 Å². The minimum Gasteiger partial charge on any atom is -0.324 e. The van der Waals surface area contributed by atoms with Crippen LogP contribution in [-0.2, 0) is 0 Å². The Labute approximate surface area is 130 Å². The van der Waals surface area contributed by atoms with Crippen molar-refractivity contribution >= 4 is 0 Å². The van der Waals surface area contributed by atoms with Crippen LogP contribution in [0.5, 0.6) is 0 Å². The van der Waals surface area contributed by atoms with E-state index >= 15 is 0 Å². The van der Waals surface area contributed by atoms with Crippen LogP contribution in [0.4, 0.5) is 0 Å². The van der Waals surface area contributed by atoms with Gasteiger partial charge in [-0.1, -0.05) is 50.1 Å². The molecule has 2 heteroatoms. The second-order valence-corrected chi connectivity index (χ2v) is 6.59. The van der Waals surface area contributed by atoms with Gasteiger partial charge < -0.3 is 10.6 Å². The summed E-state index contributed by atoms with van der Waals surface area (Å²) in [6.07, 6.45) is 9.30. The number of hydrogen-bond donors (Lipinski definition) is 1. The third-order valence-corrected chi connectivity index (χ3v) is 4.85. The first-order valence-electron chi connectivity index (χ1n) is 8.82. The maximum atomic E-state index is 6.28. The minimum atomic E-state index is 0.200. The molecule has 0 saturated carbocycles. The van der Waals surface area contributed by atoms with Gasteiger partial charge in [0.25, 0.3) is 0 Å². The van der Waals surface area contributed by atoms with Crippen molar-refractivity contribution in [2.75, 3.05) is 19.6 Å². The third kappa shape index (κ3) is 5.80. The Kier molecular flexibility index (Phi) is 7.25. The molecule has 0 aromatic heterocycles. The summed E-state index contributed by atoms with van der Waals surface area (Å²) >= 11 is 0. The molecule has 1 aromatic rings. The van der Waals surface area contributed by atoms with Gasteiger partial charge in [-0.15, -0.1) is 0 Å². The third-order valence-electron chi connectivity index (χ3n) is 4.85. The highest BCUT2D eigenvalue weighted by molar-refractivity contribution is 5.18. The summed E-state index contributed by atoms with van der Waals surface area (Å²) in [7, 11) is 0. The average Bonchev–Trinajstić information content (AvgIpc) is 2.74. The standard InChI is InChI=1S/C19H32N2/c1-2-8-17-9-6-14-21(16-13-17)15-7-12-19(20)18-10-4-3-5-11-18/h3-5,10-11,17,19H,2,6-9,12-16,20H2,1H3. The first kappa shape index (κ1) is 16.5. The zero-order chi connectivity index (χ0) is 14.9. The van der Waals surface area contributed by atoms with Gasteiger partial charge in [-0.25, -0.2) is 0 Å². The average molecular weight is 288 g/mol. The van der Waals surface area contributed by atoms with Gasteiger partial charge in [-0.3, -0.25) is 0 Å². The smallest absolute Gasteiger partial charge is 0.0295 e. The van der Waals surface area contributed by atoms with Gasteiger partial charge in [-0.2, -0.15) is 0 Å². The number of rotatable bonds is 7. The molecular weight excluding hydrogens is 256 g/mol. The number of benzene rings is 1. The lowest BCUT2D eigenvalue weighted by molar-refractivity contribution is 0.270. The van der Waals surface area contributed by atoms with Gasteiger partial charge in [0.1, 0.15) is 0 Å². The summed E-state index contributed by atoms with van der Waals surface area (Å²) in [5, 5.41) is 0. The molecule has 118 valence electrons. The Hall–Kier alpha value is -0.860. The van der Waals surface area contributed by atoms with Gasteiger partial charge in [0.05, 0.1) is 0 Å². The van der Waals surface area contributed by atoms with Crippen molar-refractivity contribution in [3.63, 3.8) is 0 Å². The molecule has 21 heavy (non-hydrogen) atoms. The van der Waals surface area contributed by atoms with E-state index in [2.05, 4.69) is 42.2 Å². The molecule has 2 atom stereocenters. The first-order chi connectivity index (χ1) is 10.3. The summed E-state index contributed by atoms with van der Waals surface area (Å²) in [4.78, 5) is 2.66. The zero-order valence-electron chi connectivity index (χ0n) is 13.6. The maximum Gasteiger partial charge on any atom is 0.0295 e. The van der Waals surface area contributed by atoms with Gasteiger partial charge in [0.15, 0.2) is 0 Å². The number of nitrogens with two attached hydrogens (primary N) is 1. The summed E-state index contributed by atoms with van der Waals surface area (Å²) < 4.78 is 0. The molecule has 1 aliphatic heterocycles. The molecule has 2 unspecified atom stereocenters. The van der Waals surface area contributed by atoms with E-state index < -0.39 is 0 Å². The molecule has 1 aliphatic rings. The van der Waals surface area contributed by atoms with Crippen LogP contribution >= 0.6 is 0 Å². The van der Waals surface area contributed by atoms with Crippen LogP contribution in [0.3, 0.4) is 0 Å². The highest BCUT2D eigenvalue weighted by Gasteiger charge is 2.16. The maximum absolute atomic E-state index is 6.28. The molecule has 1 heterocycles. The molecule has 2 rings (SSSR count). The summed E-state index contributed by atoms with van der Waals surface area (Å²) in [6, 6.07) is 10.7. The van der Waals surface area contributed by atoms with Crippen LogP contribution in [0.1, 0.15) is 63.5 Å². The fourth-order valence-corrected chi connectivity index (χ4v) is 3.55. The predicted molar refractivity (Wildman–Crippen MR) is 91.3 cm³/mol. The van der Waals surface area contributed by atoms with Crippen molar-refractivity contribution < 1.29 is 0 Å². The number of likely N-dealkylation sites (tertiary alicyclic amines) is 1. The van der Waals surface area contributed by atoms with Crippen molar-refractivity contribution in [1.29, 1.82) is 0 Å². The van der Waals surface area contributed by atoms with E-state index in [-0.39, 0.29) is 6.04 Å². The fourth-order valence-electron chi connectivity index (χ4n) is 3.55. The molecular formula is C19H32N2. The lowest BCUT2D eigenvalue weighted by atomic mass is 9.96. The summed E-state index contributed by atoms with van der Waals surface area (Å²) in [5.41, 5.74) is 7.56. The normalized spacial score (nSPS) is 21.9. The molecule has 0 spiro atoms. The predicted octanol–water partition coefficient (Wildman–Crippen LogP) is 4.37. The Morgan fingerprint density at radius 3 is 2.76 bits per heavy atom. The molecule has 1 fully saturated rings. The second kappa shape index (κ2) is 9.22. The van der Waals surface area contributed by atoms with E-state index in [0.29, 0.717) is 0 Å². The van der Waals surface area contributed by atoms with Crippen molar-refractivity contribution in [2.45, 2.75) is 57.9 Å². The molecule has 0 bridgehead atoms. The van der Waals surface area contributed by atoms with Crippen molar-refractivity contribution in [1.82, 2.24) is 4.90 Å². The van der Waals surface area contributed by atoms with Gasteiger partial charge >= 0.3 is 0 Å². The van der Waals surface area contributed by atoms with Crippen LogP contribution in [0.2, 0.25) is 0 Å². The van der Waals surface area contributed by atoms with E-state index in [1.54, 1.807) is 0 Å². The molecule has 2 N–H and O–H groups in total. The SMILES string of the molecule is CCCC1CCCN(CCCC(N)c2ccccc2)CC1. The number of nitrogens with zero attached hydrogens (tertiary/aromatic N) is 1. The second-order valence-electron chi connectivity index (χ2n) is 6.59. The van der Waals surface area contributed by atoms with Crippen LogP contribution in [0.25, 0.3) is 0 Å². The first-order valence-corrected chi connectivity index (χ1v) is 8.82. The van der Waals surface area contributed by atoms with Crippen molar-refractivity contribution in [3.05, 3.63) is 35.9 Å². The molecule has 1 saturated heterocycles. The van der Waals surface area contributed by atoms with E-state index in [9.17, 15) is 0 Å². The van der Waals surface area contributed by atoms with E-state index in [1.807, 2.05) is 0 Å². The van der Waals surface area contributed by atoms with Crippen LogP contribution in [0.15, 0.2) is 30.3 Å². The van der Waals surface area contributed by atoms with E-state index in [0.717, 1.165) is 12.3 Å². The van der Waals surface area contributed by atoms with Gasteiger partial charge in [0, 0.05) is 6.04 Å². The Morgan fingerprint density at radius 1 is 1.19 bits per heavy atom. The van der Waals surface area contributed by atoms with Crippen LogP contribution in [0, 0.1) is 5.92 Å². The molecule has 0 aliphatic carbocycles. The van der Waals surface area contributed by atoms with E-state index in [1.165, 1.54) is 63.7 Å². The zero-order valence-corrected chi connectivity index (χ0v) is 13.6. The molecule has 1 aromatic carbocycles. The highest BCUT2D eigenvalue weighted by Crippen LogP contribution is 2.22. The summed E-state index contributed by atoms with van der Waals surface area (Å²) in [5.74, 6) is 0.978. The lowest BCUT2D eigenvalue weighted by Gasteiger charge is -2.21. The topological polar surface area (TPSA) is 29.3 Å². The quantitative estimate of drug-likeness (QED) is 0.807. The van der Waals surface area contributed by atoms with Crippen LogP contribution < -0.4 is 5.73 Å². The van der Waals surface area contributed by atoms with Crippen molar-refractivity contribution in [2.24, 2.45) is 11.7 Å². The van der Waals surface area contributed by atoms with Gasteiger partial charge in [-0.05, 0) is 63.2 Å². The fraction of sp³-hybridized carbons (Fsp3) is 0.684.